The third-order valence-electron chi connectivity index (χ3n) is 5.95. The molecule has 3 N–H and O–H groups in total. The highest BCUT2D eigenvalue weighted by Crippen LogP contribution is 2.29. The molecule has 140 valence electrons. The zero-order valence-corrected chi connectivity index (χ0v) is 15.2. The summed E-state index contributed by atoms with van der Waals surface area (Å²) in [5.74, 6) is 0.734. The van der Waals surface area contributed by atoms with Crippen LogP contribution < -0.4 is 11.0 Å². The number of nitrogens with one attached hydrogen (secondary N) is 3. The highest BCUT2D eigenvalue weighted by atomic mass is 16.2. The maximum atomic E-state index is 12.8. The van der Waals surface area contributed by atoms with E-state index in [1.165, 1.54) is 29.5 Å². The molecule has 0 saturated carbocycles. The lowest BCUT2D eigenvalue weighted by Gasteiger charge is -2.16. The Morgan fingerprint density at radius 1 is 1.19 bits per heavy atom. The van der Waals surface area contributed by atoms with E-state index in [1.54, 1.807) is 4.57 Å². The van der Waals surface area contributed by atoms with Gasteiger partial charge in [0.2, 0.25) is 0 Å². The second kappa shape index (κ2) is 6.40. The normalized spacial score (nSPS) is 19.3. The van der Waals surface area contributed by atoms with Crippen molar-refractivity contribution in [3.63, 3.8) is 0 Å². The first-order valence-electron chi connectivity index (χ1n) is 9.77. The first-order valence-corrected chi connectivity index (χ1v) is 9.77. The SMILES string of the molecule is O=C(NC1CCc2n[nH]c(=O)n2CC1)c1ccc2[nH]c3c(c2c1)CCCC3. The van der Waals surface area contributed by atoms with Crippen molar-refractivity contribution in [3.8, 4) is 0 Å². The molecule has 0 saturated heterocycles. The summed E-state index contributed by atoms with van der Waals surface area (Å²) in [5, 5.41) is 10.9. The zero-order chi connectivity index (χ0) is 18.4. The maximum absolute atomic E-state index is 12.8. The molecular formula is C20H23N5O2. The fourth-order valence-electron chi connectivity index (χ4n) is 4.46. The molecule has 1 unspecified atom stereocenters. The van der Waals surface area contributed by atoms with Gasteiger partial charge in [0.15, 0.2) is 0 Å². The van der Waals surface area contributed by atoms with E-state index in [-0.39, 0.29) is 17.6 Å². The Morgan fingerprint density at radius 3 is 3.00 bits per heavy atom. The van der Waals surface area contributed by atoms with Crippen LogP contribution in [0.1, 0.15) is 53.1 Å². The lowest BCUT2D eigenvalue weighted by atomic mass is 9.95. The van der Waals surface area contributed by atoms with E-state index < -0.39 is 0 Å². The summed E-state index contributed by atoms with van der Waals surface area (Å²) in [5.41, 5.74) is 4.37. The summed E-state index contributed by atoms with van der Waals surface area (Å²) < 4.78 is 1.67. The number of rotatable bonds is 2. The Labute approximate surface area is 156 Å². The van der Waals surface area contributed by atoms with Gasteiger partial charge in [-0.1, -0.05) is 0 Å². The highest BCUT2D eigenvalue weighted by Gasteiger charge is 2.22. The molecule has 1 aliphatic heterocycles. The number of fused-ring (bicyclic) bond motifs is 4. The maximum Gasteiger partial charge on any atom is 0.343 e. The third-order valence-corrected chi connectivity index (χ3v) is 5.95. The number of H-pyrrole nitrogens is 2. The molecule has 1 aromatic carbocycles. The van der Waals surface area contributed by atoms with Crippen molar-refractivity contribution < 1.29 is 4.79 Å². The van der Waals surface area contributed by atoms with E-state index in [2.05, 4.69) is 20.5 Å². The number of aromatic amines is 2. The van der Waals surface area contributed by atoms with Crippen molar-refractivity contribution in [3.05, 3.63) is 51.3 Å². The van der Waals surface area contributed by atoms with Crippen molar-refractivity contribution in [2.24, 2.45) is 0 Å². The molecule has 7 nitrogen and oxygen atoms in total. The number of carbonyl (C=O) groups excluding carboxylic acids is 1. The Hall–Kier alpha value is -2.83. The van der Waals surface area contributed by atoms with Crippen LogP contribution in [-0.2, 0) is 25.8 Å². The van der Waals surface area contributed by atoms with Gasteiger partial charge in [-0.2, -0.15) is 5.10 Å². The molecule has 1 atom stereocenters. The van der Waals surface area contributed by atoms with E-state index >= 15 is 0 Å². The molecule has 5 rings (SSSR count). The number of hydrogen-bond donors (Lipinski definition) is 3. The van der Waals surface area contributed by atoms with Crippen LogP contribution in [0.2, 0.25) is 0 Å². The van der Waals surface area contributed by atoms with Gasteiger partial charge in [-0.25, -0.2) is 9.89 Å². The molecule has 0 radical (unpaired) electrons. The summed E-state index contributed by atoms with van der Waals surface area (Å²) in [4.78, 5) is 28.1. The van der Waals surface area contributed by atoms with Crippen LogP contribution in [0.5, 0.6) is 0 Å². The highest BCUT2D eigenvalue weighted by molar-refractivity contribution is 5.99. The predicted molar refractivity (Wildman–Crippen MR) is 102 cm³/mol. The molecule has 3 aromatic rings. The van der Waals surface area contributed by atoms with Gasteiger partial charge < -0.3 is 10.3 Å². The van der Waals surface area contributed by atoms with Crippen LogP contribution >= 0.6 is 0 Å². The van der Waals surface area contributed by atoms with Gasteiger partial charge in [-0.15, -0.1) is 0 Å². The average Bonchev–Trinajstić information content (AvgIpc) is 3.16. The van der Waals surface area contributed by atoms with Crippen LogP contribution in [0.3, 0.4) is 0 Å². The molecule has 27 heavy (non-hydrogen) atoms. The van der Waals surface area contributed by atoms with Gasteiger partial charge in [0.1, 0.15) is 5.82 Å². The molecule has 7 heteroatoms. The first kappa shape index (κ1) is 16.4. The fraction of sp³-hybridized carbons (Fsp3) is 0.450. The second-order valence-electron chi connectivity index (χ2n) is 7.64. The number of aryl methyl sites for hydroxylation is 3. The molecule has 0 fully saturated rings. The number of hydrogen-bond acceptors (Lipinski definition) is 3. The minimum atomic E-state index is -0.167. The average molecular weight is 365 g/mol. The van der Waals surface area contributed by atoms with E-state index in [9.17, 15) is 9.59 Å². The second-order valence-corrected chi connectivity index (χ2v) is 7.64. The van der Waals surface area contributed by atoms with E-state index in [1.807, 2.05) is 18.2 Å². The van der Waals surface area contributed by atoms with Crippen LogP contribution in [0.25, 0.3) is 10.9 Å². The molecule has 2 aliphatic rings. The molecule has 0 bridgehead atoms. The van der Waals surface area contributed by atoms with Gasteiger partial charge in [0.25, 0.3) is 5.91 Å². The fourth-order valence-corrected chi connectivity index (χ4v) is 4.46. The zero-order valence-electron chi connectivity index (χ0n) is 15.2. The standard InChI is InChI=1S/C20H23N5O2/c26-19(21-13-6-8-18-23-24-20(27)25(18)10-9-13)12-5-7-17-15(11-12)14-3-1-2-4-16(14)22-17/h5,7,11,13,22H,1-4,6,8-10H2,(H,21,26)(H,24,27). The number of nitrogens with zero attached hydrogens (tertiary/aromatic N) is 2. The van der Waals surface area contributed by atoms with Crippen molar-refractivity contribution in [2.75, 3.05) is 0 Å². The van der Waals surface area contributed by atoms with E-state index in [0.29, 0.717) is 18.5 Å². The van der Waals surface area contributed by atoms with Crippen molar-refractivity contribution >= 4 is 16.8 Å². The Balaban J connectivity index is 1.34. The molecule has 3 heterocycles. The van der Waals surface area contributed by atoms with Crippen molar-refractivity contribution in [2.45, 2.75) is 57.5 Å². The van der Waals surface area contributed by atoms with Crippen LogP contribution in [-0.4, -0.2) is 31.7 Å². The third kappa shape index (κ3) is 2.87. The summed E-state index contributed by atoms with van der Waals surface area (Å²) in [6, 6.07) is 5.99. The Morgan fingerprint density at radius 2 is 2.07 bits per heavy atom. The summed E-state index contributed by atoms with van der Waals surface area (Å²) >= 11 is 0. The first-order chi connectivity index (χ1) is 13.2. The van der Waals surface area contributed by atoms with E-state index in [4.69, 9.17) is 0 Å². The topological polar surface area (TPSA) is 95.6 Å². The molecular weight excluding hydrogens is 342 g/mol. The minimum Gasteiger partial charge on any atom is -0.358 e. The van der Waals surface area contributed by atoms with Crippen LogP contribution in [0.15, 0.2) is 23.0 Å². The monoisotopic (exact) mass is 365 g/mol. The molecule has 1 aliphatic carbocycles. The van der Waals surface area contributed by atoms with Gasteiger partial charge in [-0.05, 0) is 62.3 Å². The molecule has 0 spiro atoms. The number of amides is 1. The smallest absolute Gasteiger partial charge is 0.343 e. The van der Waals surface area contributed by atoms with Gasteiger partial charge >= 0.3 is 5.69 Å². The van der Waals surface area contributed by atoms with E-state index in [0.717, 1.165) is 37.0 Å². The summed E-state index contributed by atoms with van der Waals surface area (Å²) in [6.07, 6.45) is 6.85. The van der Waals surface area contributed by atoms with Crippen LogP contribution in [0, 0.1) is 0 Å². The van der Waals surface area contributed by atoms with Gasteiger partial charge in [-0.3, -0.25) is 9.36 Å². The largest absolute Gasteiger partial charge is 0.358 e. The summed E-state index contributed by atoms with van der Waals surface area (Å²) in [7, 11) is 0. The molecule has 2 aromatic heterocycles. The Bertz CT molecular complexity index is 1070. The predicted octanol–water partition coefficient (Wildman–Crippen LogP) is 2.07. The summed E-state index contributed by atoms with van der Waals surface area (Å²) in [6.45, 7) is 0.583. The van der Waals surface area contributed by atoms with Gasteiger partial charge in [0.05, 0.1) is 0 Å². The van der Waals surface area contributed by atoms with Crippen LogP contribution in [0.4, 0.5) is 0 Å². The number of carbonyl (C=O) groups is 1. The Kier molecular flexibility index (Phi) is 3.88. The quantitative estimate of drug-likeness (QED) is 0.649. The van der Waals surface area contributed by atoms with Crippen molar-refractivity contribution in [1.29, 1.82) is 0 Å². The number of benzene rings is 1. The number of aromatic nitrogens is 4. The van der Waals surface area contributed by atoms with Gasteiger partial charge in [0, 0.05) is 41.2 Å². The lowest BCUT2D eigenvalue weighted by Crippen LogP contribution is -2.35. The molecule has 1 amide bonds. The lowest BCUT2D eigenvalue weighted by molar-refractivity contribution is 0.0933. The minimum absolute atomic E-state index is 0.0406. The van der Waals surface area contributed by atoms with Crippen molar-refractivity contribution in [1.82, 2.24) is 25.1 Å².